The average molecular weight is 300 g/mol. The minimum atomic E-state index is -0.685. The van der Waals surface area contributed by atoms with E-state index in [0.717, 1.165) is 12.0 Å². The number of anilines is 1. The summed E-state index contributed by atoms with van der Waals surface area (Å²) in [4.78, 5) is 23.8. The van der Waals surface area contributed by atoms with E-state index in [1.165, 1.54) is 6.26 Å². The van der Waals surface area contributed by atoms with E-state index in [4.69, 9.17) is 4.42 Å². The van der Waals surface area contributed by atoms with Crippen molar-refractivity contribution in [2.45, 2.75) is 32.7 Å². The fourth-order valence-corrected chi connectivity index (χ4v) is 2.10. The first-order chi connectivity index (χ1) is 10.6. The van der Waals surface area contributed by atoms with Crippen LogP contribution in [0, 0.1) is 0 Å². The lowest BCUT2D eigenvalue weighted by Gasteiger charge is -2.15. The van der Waals surface area contributed by atoms with Gasteiger partial charge in [-0.15, -0.1) is 0 Å². The highest BCUT2D eigenvalue weighted by Crippen LogP contribution is 2.26. The van der Waals surface area contributed by atoms with Gasteiger partial charge in [-0.3, -0.25) is 9.59 Å². The number of amides is 2. The van der Waals surface area contributed by atoms with E-state index in [-0.39, 0.29) is 6.54 Å². The van der Waals surface area contributed by atoms with Gasteiger partial charge in [0.1, 0.15) is 5.76 Å². The standard InChI is InChI=1S/C17H20N2O3/c1-3-12(2)14-8-4-5-9-15(14)19-17(21)16(20)18-11-13-7-6-10-22-13/h4-10,12H,3,11H2,1-2H3,(H,18,20)(H,19,21). The van der Waals surface area contributed by atoms with Gasteiger partial charge in [-0.05, 0) is 36.1 Å². The molecule has 5 heteroatoms. The largest absolute Gasteiger partial charge is 0.467 e. The molecular weight excluding hydrogens is 280 g/mol. The van der Waals surface area contributed by atoms with E-state index in [1.54, 1.807) is 18.2 Å². The Bertz CT molecular complexity index is 635. The zero-order chi connectivity index (χ0) is 15.9. The van der Waals surface area contributed by atoms with Crippen LogP contribution in [-0.2, 0) is 16.1 Å². The maximum absolute atomic E-state index is 12.0. The van der Waals surface area contributed by atoms with Crippen LogP contribution < -0.4 is 10.6 Å². The summed E-state index contributed by atoms with van der Waals surface area (Å²) >= 11 is 0. The van der Waals surface area contributed by atoms with Crippen LogP contribution in [0.2, 0.25) is 0 Å². The maximum Gasteiger partial charge on any atom is 0.313 e. The molecule has 0 saturated heterocycles. The molecule has 2 aromatic rings. The molecule has 2 N–H and O–H groups in total. The Morgan fingerprint density at radius 3 is 2.59 bits per heavy atom. The van der Waals surface area contributed by atoms with Gasteiger partial charge in [-0.1, -0.05) is 32.0 Å². The fourth-order valence-electron chi connectivity index (χ4n) is 2.10. The maximum atomic E-state index is 12.0. The number of para-hydroxylation sites is 1. The molecule has 2 rings (SSSR count). The lowest BCUT2D eigenvalue weighted by Crippen LogP contribution is -2.35. The number of hydrogen-bond donors (Lipinski definition) is 2. The highest BCUT2D eigenvalue weighted by Gasteiger charge is 2.16. The Morgan fingerprint density at radius 2 is 1.91 bits per heavy atom. The third-order valence-electron chi connectivity index (χ3n) is 3.56. The minimum absolute atomic E-state index is 0.187. The van der Waals surface area contributed by atoms with Gasteiger partial charge in [0.15, 0.2) is 0 Å². The highest BCUT2D eigenvalue weighted by atomic mass is 16.3. The summed E-state index contributed by atoms with van der Waals surface area (Å²) in [6, 6.07) is 11.0. The molecule has 0 fully saturated rings. The molecule has 0 radical (unpaired) electrons. The van der Waals surface area contributed by atoms with Crippen LogP contribution >= 0.6 is 0 Å². The average Bonchev–Trinajstić information content (AvgIpc) is 3.05. The van der Waals surface area contributed by atoms with Crippen molar-refractivity contribution < 1.29 is 14.0 Å². The van der Waals surface area contributed by atoms with Crippen molar-refractivity contribution in [2.24, 2.45) is 0 Å². The van der Waals surface area contributed by atoms with E-state index < -0.39 is 11.8 Å². The van der Waals surface area contributed by atoms with E-state index in [0.29, 0.717) is 17.4 Å². The number of carbonyl (C=O) groups excluding carboxylic acids is 2. The van der Waals surface area contributed by atoms with Crippen molar-refractivity contribution in [1.82, 2.24) is 5.32 Å². The topological polar surface area (TPSA) is 71.3 Å². The molecule has 0 aliphatic heterocycles. The van der Waals surface area contributed by atoms with Gasteiger partial charge in [-0.25, -0.2) is 0 Å². The number of carbonyl (C=O) groups is 2. The van der Waals surface area contributed by atoms with Gasteiger partial charge in [0.05, 0.1) is 12.8 Å². The summed E-state index contributed by atoms with van der Waals surface area (Å²) < 4.78 is 5.10. The number of rotatable bonds is 5. The van der Waals surface area contributed by atoms with Crippen LogP contribution in [0.15, 0.2) is 47.1 Å². The Morgan fingerprint density at radius 1 is 1.14 bits per heavy atom. The number of benzene rings is 1. The molecule has 5 nitrogen and oxygen atoms in total. The van der Waals surface area contributed by atoms with Gasteiger partial charge in [0.25, 0.3) is 0 Å². The predicted octanol–water partition coefficient (Wildman–Crippen LogP) is 3.05. The Labute approximate surface area is 129 Å². The van der Waals surface area contributed by atoms with Crippen molar-refractivity contribution in [1.29, 1.82) is 0 Å². The van der Waals surface area contributed by atoms with Crippen LogP contribution in [0.4, 0.5) is 5.69 Å². The number of furan rings is 1. The van der Waals surface area contributed by atoms with Gasteiger partial charge in [0, 0.05) is 5.69 Å². The molecule has 22 heavy (non-hydrogen) atoms. The van der Waals surface area contributed by atoms with E-state index in [1.807, 2.05) is 18.2 Å². The van der Waals surface area contributed by atoms with E-state index in [9.17, 15) is 9.59 Å². The zero-order valence-corrected chi connectivity index (χ0v) is 12.8. The zero-order valence-electron chi connectivity index (χ0n) is 12.8. The first-order valence-electron chi connectivity index (χ1n) is 7.32. The lowest BCUT2D eigenvalue weighted by atomic mass is 9.97. The second-order valence-corrected chi connectivity index (χ2v) is 5.11. The molecule has 0 saturated carbocycles. The summed E-state index contributed by atoms with van der Waals surface area (Å²) in [6.07, 6.45) is 2.47. The molecule has 2 amide bonds. The molecular formula is C17H20N2O3. The van der Waals surface area contributed by atoms with Gasteiger partial charge in [-0.2, -0.15) is 0 Å². The predicted molar refractivity (Wildman–Crippen MR) is 84.3 cm³/mol. The normalized spacial score (nSPS) is 11.7. The molecule has 1 atom stereocenters. The molecule has 0 aliphatic rings. The molecule has 116 valence electrons. The fraction of sp³-hybridized carbons (Fsp3) is 0.294. The van der Waals surface area contributed by atoms with Crippen LogP contribution in [0.3, 0.4) is 0 Å². The first-order valence-corrected chi connectivity index (χ1v) is 7.32. The molecule has 1 aromatic carbocycles. The molecule has 1 aromatic heterocycles. The summed E-state index contributed by atoms with van der Waals surface area (Å²) in [7, 11) is 0. The second-order valence-electron chi connectivity index (χ2n) is 5.11. The molecule has 1 unspecified atom stereocenters. The smallest absolute Gasteiger partial charge is 0.313 e. The van der Waals surface area contributed by atoms with Crippen molar-refractivity contribution in [3.8, 4) is 0 Å². The van der Waals surface area contributed by atoms with Crippen molar-refractivity contribution in [2.75, 3.05) is 5.32 Å². The summed E-state index contributed by atoms with van der Waals surface area (Å²) in [5, 5.41) is 5.20. The summed E-state index contributed by atoms with van der Waals surface area (Å²) in [5.41, 5.74) is 1.70. The highest BCUT2D eigenvalue weighted by molar-refractivity contribution is 6.39. The first kappa shape index (κ1) is 15.8. The second kappa shape index (κ2) is 7.45. The Balaban J connectivity index is 1.98. The number of nitrogens with one attached hydrogen (secondary N) is 2. The van der Waals surface area contributed by atoms with Crippen LogP contribution in [0.25, 0.3) is 0 Å². The third-order valence-corrected chi connectivity index (χ3v) is 3.56. The lowest BCUT2D eigenvalue weighted by molar-refractivity contribution is -0.136. The van der Waals surface area contributed by atoms with Gasteiger partial charge < -0.3 is 15.1 Å². The van der Waals surface area contributed by atoms with E-state index in [2.05, 4.69) is 24.5 Å². The van der Waals surface area contributed by atoms with Crippen molar-refractivity contribution in [3.05, 3.63) is 54.0 Å². The SMILES string of the molecule is CCC(C)c1ccccc1NC(=O)C(=O)NCc1ccco1. The van der Waals surface area contributed by atoms with Crippen LogP contribution in [0.5, 0.6) is 0 Å². The minimum Gasteiger partial charge on any atom is -0.467 e. The Hall–Kier alpha value is -2.56. The van der Waals surface area contributed by atoms with Gasteiger partial charge >= 0.3 is 11.8 Å². The quantitative estimate of drug-likeness (QED) is 0.834. The van der Waals surface area contributed by atoms with Crippen LogP contribution in [-0.4, -0.2) is 11.8 Å². The van der Waals surface area contributed by atoms with Crippen molar-refractivity contribution >= 4 is 17.5 Å². The monoisotopic (exact) mass is 300 g/mol. The molecule has 0 spiro atoms. The van der Waals surface area contributed by atoms with E-state index >= 15 is 0 Å². The Kier molecular flexibility index (Phi) is 5.36. The van der Waals surface area contributed by atoms with Crippen molar-refractivity contribution in [3.63, 3.8) is 0 Å². The molecule has 1 heterocycles. The van der Waals surface area contributed by atoms with Gasteiger partial charge in [0.2, 0.25) is 0 Å². The number of hydrogen-bond acceptors (Lipinski definition) is 3. The van der Waals surface area contributed by atoms with Crippen LogP contribution in [0.1, 0.15) is 37.5 Å². The molecule has 0 aliphatic carbocycles. The summed E-state index contributed by atoms with van der Waals surface area (Å²) in [5.74, 6) is -0.457. The molecule has 0 bridgehead atoms. The third kappa shape index (κ3) is 3.97. The summed E-state index contributed by atoms with van der Waals surface area (Å²) in [6.45, 7) is 4.35.